The van der Waals surface area contributed by atoms with Gasteiger partial charge in [-0.15, -0.1) is 0 Å². The summed E-state index contributed by atoms with van der Waals surface area (Å²) in [6.45, 7) is 6.82. The van der Waals surface area contributed by atoms with Gasteiger partial charge in [-0.2, -0.15) is 4.65 Å². The number of nitrogens with zero attached hydrogens (tertiary/aromatic N) is 1. The maximum absolute atomic E-state index is 5.58. The Bertz CT molecular complexity index is 121. The molecule has 2 unspecified atom stereocenters. The Labute approximate surface area is 69.7 Å². The quantitative estimate of drug-likeness (QED) is 0.558. The highest BCUT2D eigenvalue weighted by molar-refractivity contribution is 4.57. The molecule has 0 radical (unpaired) electrons. The predicted molar refractivity (Wildman–Crippen MR) is 46.0 cm³/mol. The average molecular weight is 158 g/mol. The number of likely N-dealkylation sites (tertiary alicyclic amines) is 1. The predicted octanol–water partition coefficient (Wildman–Crippen LogP) is 1.96. The van der Waals surface area contributed by atoms with Crippen molar-refractivity contribution >= 4 is 0 Å². The first-order valence-corrected chi connectivity index (χ1v) is 4.67. The van der Waals surface area contributed by atoms with Gasteiger partial charge in [0.1, 0.15) is 19.1 Å². The molecular formula is C9H20NO+. The summed E-state index contributed by atoms with van der Waals surface area (Å²) in [6.07, 6.45) is 4.03. The van der Waals surface area contributed by atoms with Crippen LogP contribution < -0.4 is 0 Å². The molecule has 1 rings (SSSR count). The molecular weight excluding hydrogens is 138 g/mol. The molecule has 66 valence electrons. The van der Waals surface area contributed by atoms with E-state index in [4.69, 9.17) is 4.84 Å². The molecule has 0 N–H and O–H groups in total. The van der Waals surface area contributed by atoms with Crippen molar-refractivity contribution in [1.82, 2.24) is 0 Å². The van der Waals surface area contributed by atoms with Crippen molar-refractivity contribution in [3.8, 4) is 0 Å². The van der Waals surface area contributed by atoms with Crippen molar-refractivity contribution in [3.05, 3.63) is 0 Å². The topological polar surface area (TPSA) is 9.23 Å². The van der Waals surface area contributed by atoms with E-state index in [-0.39, 0.29) is 0 Å². The van der Waals surface area contributed by atoms with Crippen molar-refractivity contribution in [2.24, 2.45) is 0 Å². The molecule has 0 aromatic carbocycles. The van der Waals surface area contributed by atoms with Crippen LogP contribution in [0, 0.1) is 0 Å². The van der Waals surface area contributed by atoms with E-state index >= 15 is 0 Å². The minimum atomic E-state index is 0.693. The first-order valence-electron chi connectivity index (χ1n) is 4.67. The van der Waals surface area contributed by atoms with Crippen LogP contribution in [0.1, 0.15) is 33.1 Å². The van der Waals surface area contributed by atoms with E-state index in [0.29, 0.717) is 6.04 Å². The van der Waals surface area contributed by atoms with Crippen molar-refractivity contribution in [2.75, 3.05) is 20.2 Å². The highest BCUT2D eigenvalue weighted by Crippen LogP contribution is 2.25. The Morgan fingerprint density at radius 1 is 1.45 bits per heavy atom. The summed E-state index contributed by atoms with van der Waals surface area (Å²) in [7, 11) is 1.84. The Balaban J connectivity index is 2.61. The molecule has 0 spiro atoms. The third kappa shape index (κ3) is 1.57. The van der Waals surface area contributed by atoms with Gasteiger partial charge < -0.3 is 0 Å². The van der Waals surface area contributed by atoms with Crippen LogP contribution in [0.15, 0.2) is 0 Å². The van der Waals surface area contributed by atoms with Crippen LogP contribution in [0.3, 0.4) is 0 Å². The van der Waals surface area contributed by atoms with Crippen molar-refractivity contribution in [2.45, 2.75) is 39.2 Å². The summed E-state index contributed by atoms with van der Waals surface area (Å²) in [5.41, 5.74) is 0. The number of hydroxylamine groups is 3. The third-order valence-corrected chi connectivity index (χ3v) is 3.11. The molecule has 1 heterocycles. The summed E-state index contributed by atoms with van der Waals surface area (Å²) < 4.78 is 0.875. The van der Waals surface area contributed by atoms with Crippen molar-refractivity contribution in [1.29, 1.82) is 0 Å². The van der Waals surface area contributed by atoms with E-state index in [0.717, 1.165) is 11.2 Å². The van der Waals surface area contributed by atoms with Crippen molar-refractivity contribution < 1.29 is 9.48 Å². The molecule has 2 atom stereocenters. The summed E-state index contributed by atoms with van der Waals surface area (Å²) in [6, 6.07) is 0.693. The van der Waals surface area contributed by atoms with Crippen LogP contribution in [-0.2, 0) is 4.84 Å². The molecule has 0 aromatic heterocycles. The van der Waals surface area contributed by atoms with Crippen molar-refractivity contribution in [3.63, 3.8) is 0 Å². The number of hydrogen-bond donors (Lipinski definition) is 0. The molecule has 1 saturated heterocycles. The van der Waals surface area contributed by atoms with Crippen LogP contribution in [0.4, 0.5) is 0 Å². The largest absolute Gasteiger partial charge is 0.206 e. The SMILES string of the molecule is CC[N+]1(OC)CCCCC1C. The van der Waals surface area contributed by atoms with Crippen LogP contribution >= 0.6 is 0 Å². The summed E-state index contributed by atoms with van der Waals surface area (Å²) in [5, 5.41) is 0. The fourth-order valence-electron chi connectivity index (χ4n) is 2.14. The van der Waals surface area contributed by atoms with Gasteiger partial charge >= 0.3 is 0 Å². The fourth-order valence-corrected chi connectivity index (χ4v) is 2.14. The lowest BCUT2D eigenvalue weighted by Gasteiger charge is -2.41. The molecule has 1 fully saturated rings. The fraction of sp³-hybridized carbons (Fsp3) is 1.00. The number of hydrogen-bond acceptors (Lipinski definition) is 1. The lowest BCUT2D eigenvalue weighted by molar-refractivity contribution is -1.12. The molecule has 11 heavy (non-hydrogen) atoms. The average Bonchev–Trinajstić information content (AvgIpc) is 2.06. The second kappa shape index (κ2) is 3.55. The van der Waals surface area contributed by atoms with Gasteiger partial charge in [-0.05, 0) is 26.7 Å². The normalized spacial score (nSPS) is 39.0. The Morgan fingerprint density at radius 3 is 2.55 bits per heavy atom. The highest BCUT2D eigenvalue weighted by Gasteiger charge is 2.35. The van der Waals surface area contributed by atoms with Gasteiger partial charge in [0.25, 0.3) is 0 Å². The van der Waals surface area contributed by atoms with Gasteiger partial charge in [0.05, 0.1) is 7.11 Å². The first kappa shape index (κ1) is 9.01. The number of quaternary nitrogens is 1. The summed E-state index contributed by atoms with van der Waals surface area (Å²) in [5.74, 6) is 0. The molecule has 0 bridgehead atoms. The first-order chi connectivity index (χ1) is 5.25. The Hall–Kier alpha value is -0.0800. The minimum absolute atomic E-state index is 0.693. The van der Waals surface area contributed by atoms with Gasteiger partial charge in [-0.1, -0.05) is 0 Å². The molecule has 2 heteroatoms. The molecule has 0 aliphatic carbocycles. The van der Waals surface area contributed by atoms with Crippen LogP contribution in [0.2, 0.25) is 0 Å². The zero-order valence-electron chi connectivity index (χ0n) is 7.97. The molecule has 1 aliphatic heterocycles. The van der Waals surface area contributed by atoms with Gasteiger partial charge in [0.15, 0.2) is 0 Å². The lowest BCUT2D eigenvalue weighted by Crippen LogP contribution is -2.55. The van der Waals surface area contributed by atoms with E-state index in [2.05, 4.69) is 13.8 Å². The number of rotatable bonds is 2. The zero-order valence-corrected chi connectivity index (χ0v) is 7.97. The Kier molecular flexibility index (Phi) is 2.90. The van der Waals surface area contributed by atoms with E-state index in [9.17, 15) is 0 Å². The lowest BCUT2D eigenvalue weighted by atomic mass is 10.0. The summed E-state index contributed by atoms with van der Waals surface area (Å²) >= 11 is 0. The molecule has 0 amide bonds. The minimum Gasteiger partial charge on any atom is -0.206 e. The van der Waals surface area contributed by atoms with E-state index in [1.165, 1.54) is 25.8 Å². The summed E-state index contributed by atoms with van der Waals surface area (Å²) in [4.78, 5) is 5.58. The van der Waals surface area contributed by atoms with Crippen LogP contribution in [0.5, 0.6) is 0 Å². The van der Waals surface area contributed by atoms with Crippen LogP contribution in [-0.4, -0.2) is 30.9 Å². The second-order valence-electron chi connectivity index (χ2n) is 3.52. The second-order valence-corrected chi connectivity index (χ2v) is 3.52. The van der Waals surface area contributed by atoms with Gasteiger partial charge in [-0.3, -0.25) is 0 Å². The molecule has 0 saturated carbocycles. The number of piperidine rings is 1. The van der Waals surface area contributed by atoms with E-state index in [1.807, 2.05) is 7.11 Å². The molecule has 1 aliphatic rings. The highest BCUT2D eigenvalue weighted by atomic mass is 16.7. The zero-order chi connectivity index (χ0) is 8.32. The Morgan fingerprint density at radius 2 is 2.18 bits per heavy atom. The molecule has 2 nitrogen and oxygen atoms in total. The van der Waals surface area contributed by atoms with Gasteiger partial charge in [-0.25, -0.2) is 4.84 Å². The smallest absolute Gasteiger partial charge is 0.116 e. The maximum Gasteiger partial charge on any atom is 0.116 e. The van der Waals surface area contributed by atoms with E-state index in [1.54, 1.807) is 0 Å². The maximum atomic E-state index is 5.58. The van der Waals surface area contributed by atoms with E-state index < -0.39 is 0 Å². The monoisotopic (exact) mass is 158 g/mol. The third-order valence-electron chi connectivity index (χ3n) is 3.11. The van der Waals surface area contributed by atoms with Crippen LogP contribution in [0.25, 0.3) is 0 Å². The van der Waals surface area contributed by atoms with Gasteiger partial charge in [0.2, 0.25) is 0 Å². The standard InChI is InChI=1S/C9H20NO/c1-4-10(11-3)8-6-5-7-9(10)2/h9H,4-8H2,1-3H3/q+1. The van der Waals surface area contributed by atoms with Gasteiger partial charge in [0, 0.05) is 6.42 Å². The molecule has 0 aromatic rings.